The molecule has 23 heavy (non-hydrogen) atoms. The van der Waals surface area contributed by atoms with Crippen LogP contribution in [0.3, 0.4) is 0 Å². The van der Waals surface area contributed by atoms with Crippen LogP contribution in [0.5, 0.6) is 0 Å². The average molecular weight is 462 g/mol. The Labute approximate surface area is 148 Å². The maximum absolute atomic E-state index is 11.3. The summed E-state index contributed by atoms with van der Waals surface area (Å²) in [6.45, 7) is 0. The topological polar surface area (TPSA) is 102 Å². The Morgan fingerprint density at radius 1 is 0.913 bits per heavy atom. The molecule has 0 unspecified atom stereocenters. The summed E-state index contributed by atoms with van der Waals surface area (Å²) in [6.07, 6.45) is 0. The summed E-state index contributed by atoms with van der Waals surface area (Å²) in [6, 6.07) is 10.2. The predicted molar refractivity (Wildman–Crippen MR) is 91.9 cm³/mol. The molecule has 0 aliphatic rings. The maximum Gasteiger partial charge on any atom is 0.353 e. The Morgan fingerprint density at radius 2 is 1.52 bits per heavy atom. The monoisotopic (exact) mass is 460 g/mol. The van der Waals surface area contributed by atoms with Gasteiger partial charge in [0.15, 0.2) is 0 Å². The Morgan fingerprint density at radius 3 is 2.09 bits per heavy atom. The molecule has 0 bridgehead atoms. The first-order valence-corrected chi connectivity index (χ1v) is 11.1. The number of rotatable bonds is 1. The molecule has 0 fully saturated rings. The van der Waals surface area contributed by atoms with E-state index in [4.69, 9.17) is 28.1 Å². The summed E-state index contributed by atoms with van der Waals surface area (Å²) in [5, 5.41) is 1.59. The lowest BCUT2D eigenvalue weighted by molar-refractivity contribution is 0.501. The Hall–Kier alpha value is -0.840. The third-order valence-corrected chi connectivity index (χ3v) is 4.53. The largest absolute Gasteiger partial charge is 0.456 e. The first-order valence-electron chi connectivity index (χ1n) is 5.69. The molecular formula is C12H7BrCl2O6S2. The molecule has 124 valence electrons. The Bertz CT molecular complexity index is 1080. The van der Waals surface area contributed by atoms with E-state index in [0.717, 1.165) is 15.2 Å². The molecule has 0 amide bonds. The number of furan rings is 1. The molecule has 0 radical (unpaired) electrons. The van der Waals surface area contributed by atoms with Crippen LogP contribution in [-0.2, 0) is 18.4 Å². The van der Waals surface area contributed by atoms with E-state index < -0.39 is 18.4 Å². The van der Waals surface area contributed by atoms with Gasteiger partial charge < -0.3 is 4.42 Å². The van der Waals surface area contributed by atoms with Gasteiger partial charge in [-0.3, -0.25) is 4.55 Å². The fraction of sp³-hybridized carbons (Fsp3) is 0. The van der Waals surface area contributed by atoms with Crippen molar-refractivity contribution < 1.29 is 25.8 Å². The van der Waals surface area contributed by atoms with Gasteiger partial charge in [0, 0.05) is 36.6 Å². The van der Waals surface area contributed by atoms with E-state index in [1.807, 2.05) is 18.2 Å². The lowest BCUT2D eigenvalue weighted by Crippen LogP contribution is -1.88. The highest BCUT2D eigenvalue weighted by molar-refractivity contribution is 9.10. The minimum Gasteiger partial charge on any atom is -0.456 e. The molecule has 3 rings (SSSR count). The van der Waals surface area contributed by atoms with Crippen molar-refractivity contribution in [2.45, 2.75) is 4.90 Å². The number of halogens is 3. The molecular weight excluding hydrogens is 455 g/mol. The van der Waals surface area contributed by atoms with Crippen LogP contribution < -0.4 is 0 Å². The van der Waals surface area contributed by atoms with Crippen LogP contribution in [-0.4, -0.2) is 21.4 Å². The van der Waals surface area contributed by atoms with Gasteiger partial charge in [-0.15, -0.1) is 0 Å². The number of benzene rings is 2. The van der Waals surface area contributed by atoms with Crippen molar-refractivity contribution in [3.63, 3.8) is 0 Å². The zero-order chi connectivity index (χ0) is 17.4. The van der Waals surface area contributed by atoms with Crippen LogP contribution in [0.15, 0.2) is 50.2 Å². The fourth-order valence-electron chi connectivity index (χ4n) is 1.88. The van der Waals surface area contributed by atoms with Gasteiger partial charge in [-0.25, -0.2) is 8.42 Å². The van der Waals surface area contributed by atoms with E-state index in [0.29, 0.717) is 11.2 Å². The molecule has 1 N–H and O–H groups in total. The van der Waals surface area contributed by atoms with Crippen LogP contribution in [0.25, 0.3) is 21.9 Å². The molecule has 0 aliphatic heterocycles. The van der Waals surface area contributed by atoms with Crippen LogP contribution >= 0.6 is 37.3 Å². The standard InChI is InChI=1S/C12H6BrClO3S.ClHO3S/c13-7-1-3-9-10-6-8(18(14,15)16)2-4-11(10)17-12(9)5-7;1-5(2,3)4/h1-6H;(H,2,3,4). The van der Waals surface area contributed by atoms with Crippen molar-refractivity contribution in [2.75, 3.05) is 0 Å². The molecule has 0 aliphatic carbocycles. The van der Waals surface area contributed by atoms with E-state index in [1.165, 1.54) is 12.1 Å². The van der Waals surface area contributed by atoms with Gasteiger partial charge in [0.05, 0.1) is 4.90 Å². The predicted octanol–water partition coefficient (Wildman–Crippen LogP) is 4.30. The molecule has 1 aromatic heterocycles. The molecule has 2 aromatic carbocycles. The third-order valence-electron chi connectivity index (χ3n) is 2.69. The van der Waals surface area contributed by atoms with E-state index in [-0.39, 0.29) is 4.90 Å². The van der Waals surface area contributed by atoms with Gasteiger partial charge in [0.25, 0.3) is 9.05 Å². The SMILES string of the molecule is O=S(=O)(Cl)c1ccc2oc3cc(Br)ccc3c2c1.O=S(=O)(O)Cl. The average Bonchev–Trinajstić information content (AvgIpc) is 2.71. The van der Waals surface area contributed by atoms with E-state index in [9.17, 15) is 8.42 Å². The minimum absolute atomic E-state index is 0.0716. The maximum atomic E-state index is 11.3. The molecule has 0 spiro atoms. The van der Waals surface area contributed by atoms with Crippen LogP contribution in [0.2, 0.25) is 0 Å². The van der Waals surface area contributed by atoms with Crippen molar-refractivity contribution in [3.05, 3.63) is 40.9 Å². The highest BCUT2D eigenvalue weighted by Gasteiger charge is 2.14. The molecule has 6 nitrogen and oxygen atoms in total. The highest BCUT2D eigenvalue weighted by atomic mass is 79.9. The van der Waals surface area contributed by atoms with Crippen molar-refractivity contribution in [1.29, 1.82) is 0 Å². The number of hydrogen-bond donors (Lipinski definition) is 1. The second-order valence-corrected chi connectivity index (χ2v) is 9.73. The van der Waals surface area contributed by atoms with E-state index >= 15 is 0 Å². The smallest absolute Gasteiger partial charge is 0.353 e. The van der Waals surface area contributed by atoms with Crippen molar-refractivity contribution in [1.82, 2.24) is 0 Å². The molecule has 0 atom stereocenters. The molecule has 0 saturated heterocycles. The second kappa shape index (κ2) is 6.58. The quantitative estimate of drug-likeness (QED) is 0.428. The third kappa shape index (κ3) is 5.07. The summed E-state index contributed by atoms with van der Waals surface area (Å²) in [4.78, 5) is 0.0716. The van der Waals surface area contributed by atoms with Crippen LogP contribution in [0, 0.1) is 0 Å². The zero-order valence-corrected chi connectivity index (χ0v) is 15.6. The number of hydrogen-bond acceptors (Lipinski definition) is 5. The molecule has 3 aromatic rings. The number of fused-ring (bicyclic) bond motifs is 3. The van der Waals surface area contributed by atoms with Gasteiger partial charge in [-0.05, 0) is 36.4 Å². The summed E-state index contributed by atoms with van der Waals surface area (Å²) < 4.78 is 54.3. The summed E-state index contributed by atoms with van der Waals surface area (Å²) in [7, 11) is 1.47. The van der Waals surface area contributed by atoms with Gasteiger partial charge in [-0.1, -0.05) is 15.9 Å². The second-order valence-electron chi connectivity index (χ2n) is 4.25. The van der Waals surface area contributed by atoms with Gasteiger partial charge in [0.1, 0.15) is 11.2 Å². The lowest BCUT2D eigenvalue weighted by Gasteiger charge is -1.95. The van der Waals surface area contributed by atoms with E-state index in [2.05, 4.69) is 26.6 Å². The van der Waals surface area contributed by atoms with Crippen LogP contribution in [0.1, 0.15) is 0 Å². The van der Waals surface area contributed by atoms with Crippen LogP contribution in [0.4, 0.5) is 0 Å². The minimum atomic E-state index is -4.19. The van der Waals surface area contributed by atoms with Crippen molar-refractivity contribution in [3.8, 4) is 0 Å². The van der Waals surface area contributed by atoms with Crippen molar-refractivity contribution in [2.24, 2.45) is 0 Å². The Balaban J connectivity index is 0.000000338. The van der Waals surface area contributed by atoms with Gasteiger partial charge >= 0.3 is 9.33 Å². The summed E-state index contributed by atoms with van der Waals surface area (Å²) in [5.41, 5.74) is 1.33. The summed E-state index contributed by atoms with van der Waals surface area (Å²) in [5.74, 6) is 0. The lowest BCUT2D eigenvalue weighted by atomic mass is 10.1. The molecule has 1 heterocycles. The molecule has 0 saturated carbocycles. The summed E-state index contributed by atoms with van der Waals surface area (Å²) >= 11 is 3.36. The normalized spacial score (nSPS) is 12.2. The van der Waals surface area contributed by atoms with Gasteiger partial charge in [0.2, 0.25) is 0 Å². The molecule has 11 heteroatoms. The Kier molecular flexibility index (Phi) is 5.29. The van der Waals surface area contributed by atoms with Gasteiger partial charge in [-0.2, -0.15) is 8.42 Å². The highest BCUT2D eigenvalue weighted by Crippen LogP contribution is 2.32. The first-order chi connectivity index (χ1) is 10.4. The fourth-order valence-corrected chi connectivity index (χ4v) is 3.00. The zero-order valence-electron chi connectivity index (χ0n) is 10.9. The first kappa shape index (κ1) is 18.5. The van der Waals surface area contributed by atoms with Crippen molar-refractivity contribution >= 4 is 77.6 Å². The van der Waals surface area contributed by atoms with E-state index in [1.54, 1.807) is 6.07 Å².